The normalized spacial score (nSPS) is 12.1. The van der Waals surface area contributed by atoms with E-state index in [0.717, 1.165) is 12.1 Å². The number of nitrogens with one attached hydrogen (secondary N) is 2. The number of carbonyl (C=O) groups excluding carboxylic acids is 1. The number of carboxylic acids is 1. The van der Waals surface area contributed by atoms with Crippen LogP contribution in [-0.4, -0.2) is 23.1 Å². The first-order valence-corrected chi connectivity index (χ1v) is 6.42. The van der Waals surface area contributed by atoms with Gasteiger partial charge in [-0.1, -0.05) is 25.4 Å². The smallest absolute Gasteiger partial charge is 0.326 e. The quantitative estimate of drug-likeness (QED) is 0.782. The first kappa shape index (κ1) is 16.2. The van der Waals surface area contributed by atoms with E-state index in [-0.39, 0.29) is 16.6 Å². The van der Waals surface area contributed by atoms with E-state index in [0.29, 0.717) is 6.42 Å². The molecule has 0 unspecified atom stereocenters. The third kappa shape index (κ3) is 5.05. The average Bonchev–Trinajstić information content (AvgIpc) is 2.32. The van der Waals surface area contributed by atoms with E-state index in [9.17, 15) is 14.0 Å². The number of carboxylic acid groups (broad SMARTS) is 1. The summed E-state index contributed by atoms with van der Waals surface area (Å²) in [6, 6.07) is 1.76. The molecular formula is C13H16ClFN2O3. The van der Waals surface area contributed by atoms with E-state index < -0.39 is 23.9 Å². The van der Waals surface area contributed by atoms with Gasteiger partial charge in [0.25, 0.3) is 0 Å². The van der Waals surface area contributed by atoms with Crippen molar-refractivity contribution in [2.45, 2.75) is 26.3 Å². The average molecular weight is 303 g/mol. The van der Waals surface area contributed by atoms with E-state index in [1.54, 1.807) is 0 Å². The summed E-state index contributed by atoms with van der Waals surface area (Å²) in [6.07, 6.45) is 0.291. The molecule has 0 radical (unpaired) electrons. The predicted molar refractivity (Wildman–Crippen MR) is 74.4 cm³/mol. The van der Waals surface area contributed by atoms with Crippen LogP contribution in [0.4, 0.5) is 14.9 Å². The molecule has 0 saturated carbocycles. The van der Waals surface area contributed by atoms with Gasteiger partial charge in [0.2, 0.25) is 0 Å². The van der Waals surface area contributed by atoms with Crippen molar-refractivity contribution in [3.63, 3.8) is 0 Å². The van der Waals surface area contributed by atoms with Crippen LogP contribution in [0.3, 0.4) is 0 Å². The Morgan fingerprint density at radius 1 is 1.40 bits per heavy atom. The summed E-state index contributed by atoms with van der Waals surface area (Å²) < 4.78 is 13.0. The largest absolute Gasteiger partial charge is 0.480 e. The van der Waals surface area contributed by atoms with Crippen LogP contribution < -0.4 is 10.6 Å². The highest BCUT2D eigenvalue weighted by atomic mass is 35.5. The number of benzene rings is 1. The number of amides is 2. The van der Waals surface area contributed by atoms with Gasteiger partial charge in [-0.25, -0.2) is 14.0 Å². The first-order chi connectivity index (χ1) is 9.29. The Labute approximate surface area is 121 Å². The van der Waals surface area contributed by atoms with Gasteiger partial charge in [-0.15, -0.1) is 0 Å². The molecule has 1 rings (SSSR count). The molecule has 7 heteroatoms. The molecule has 0 aliphatic rings. The van der Waals surface area contributed by atoms with E-state index >= 15 is 0 Å². The second-order valence-electron chi connectivity index (χ2n) is 4.74. The number of carbonyl (C=O) groups is 2. The Kier molecular flexibility index (Phi) is 5.76. The summed E-state index contributed by atoms with van der Waals surface area (Å²) >= 11 is 5.80. The molecule has 20 heavy (non-hydrogen) atoms. The maximum absolute atomic E-state index is 13.0. The van der Waals surface area contributed by atoms with Gasteiger partial charge in [0.05, 0.1) is 10.7 Å². The second-order valence-corrected chi connectivity index (χ2v) is 5.15. The second kappa shape index (κ2) is 7.09. The van der Waals surface area contributed by atoms with Gasteiger partial charge < -0.3 is 15.7 Å². The molecule has 0 heterocycles. The van der Waals surface area contributed by atoms with Crippen LogP contribution in [-0.2, 0) is 4.79 Å². The fourth-order valence-electron chi connectivity index (χ4n) is 1.60. The van der Waals surface area contributed by atoms with Crippen LogP contribution in [0.5, 0.6) is 0 Å². The van der Waals surface area contributed by atoms with Gasteiger partial charge >= 0.3 is 12.0 Å². The highest BCUT2D eigenvalue weighted by Gasteiger charge is 2.21. The van der Waals surface area contributed by atoms with E-state index in [4.69, 9.17) is 16.7 Å². The Hall–Kier alpha value is -1.82. The molecule has 5 nitrogen and oxygen atoms in total. The van der Waals surface area contributed by atoms with Crippen LogP contribution in [0.25, 0.3) is 0 Å². The van der Waals surface area contributed by atoms with Gasteiger partial charge in [0.15, 0.2) is 0 Å². The van der Waals surface area contributed by atoms with Crippen molar-refractivity contribution < 1.29 is 19.1 Å². The van der Waals surface area contributed by atoms with Crippen molar-refractivity contribution in [3.8, 4) is 0 Å². The molecule has 2 amide bonds. The van der Waals surface area contributed by atoms with Crippen molar-refractivity contribution >= 4 is 29.3 Å². The Morgan fingerprint density at radius 2 is 2.05 bits per heavy atom. The standard InChI is InChI=1S/C13H16ClFN2O3/c1-7(2)5-11(12(18)19)17-13(20)16-10-6-8(15)3-4-9(10)14/h3-4,6-7,11H,5H2,1-2H3,(H,18,19)(H2,16,17,20)/t11-/m0/s1. The van der Waals surface area contributed by atoms with E-state index in [2.05, 4.69) is 10.6 Å². The third-order valence-electron chi connectivity index (χ3n) is 2.49. The van der Waals surface area contributed by atoms with Gasteiger partial charge in [-0.05, 0) is 30.5 Å². The molecule has 0 aliphatic heterocycles. The van der Waals surface area contributed by atoms with Crippen molar-refractivity contribution in [1.82, 2.24) is 5.32 Å². The summed E-state index contributed by atoms with van der Waals surface area (Å²) in [6.45, 7) is 3.69. The highest BCUT2D eigenvalue weighted by Crippen LogP contribution is 2.22. The maximum Gasteiger partial charge on any atom is 0.326 e. The van der Waals surface area contributed by atoms with Gasteiger partial charge in [-0.2, -0.15) is 0 Å². The van der Waals surface area contributed by atoms with E-state index in [1.807, 2.05) is 13.8 Å². The summed E-state index contributed by atoms with van der Waals surface area (Å²) in [5, 5.41) is 13.8. The number of hydrogen-bond donors (Lipinski definition) is 3. The zero-order valence-corrected chi connectivity index (χ0v) is 11.9. The minimum Gasteiger partial charge on any atom is -0.480 e. The minimum atomic E-state index is -1.13. The van der Waals surface area contributed by atoms with Crippen molar-refractivity contribution in [2.24, 2.45) is 5.92 Å². The van der Waals surface area contributed by atoms with Crippen LogP contribution in [0.15, 0.2) is 18.2 Å². The number of halogens is 2. The zero-order valence-electron chi connectivity index (χ0n) is 11.1. The summed E-state index contributed by atoms with van der Waals surface area (Å²) in [5.74, 6) is -1.57. The number of rotatable bonds is 5. The lowest BCUT2D eigenvalue weighted by molar-refractivity contribution is -0.139. The van der Waals surface area contributed by atoms with Gasteiger partial charge in [0, 0.05) is 0 Å². The highest BCUT2D eigenvalue weighted by molar-refractivity contribution is 6.33. The number of hydrogen-bond acceptors (Lipinski definition) is 2. The number of aliphatic carboxylic acids is 1. The molecule has 1 atom stereocenters. The maximum atomic E-state index is 13.0. The molecule has 0 aromatic heterocycles. The Morgan fingerprint density at radius 3 is 2.60 bits per heavy atom. The molecule has 110 valence electrons. The van der Waals surface area contributed by atoms with Crippen LogP contribution in [0, 0.1) is 11.7 Å². The molecule has 1 aromatic carbocycles. The number of anilines is 1. The molecule has 0 aliphatic carbocycles. The lowest BCUT2D eigenvalue weighted by atomic mass is 10.0. The predicted octanol–water partition coefficient (Wildman–Crippen LogP) is 3.10. The van der Waals surface area contributed by atoms with Crippen molar-refractivity contribution in [3.05, 3.63) is 29.0 Å². The molecule has 0 bridgehead atoms. The van der Waals surface area contributed by atoms with Crippen molar-refractivity contribution in [2.75, 3.05) is 5.32 Å². The SMILES string of the molecule is CC(C)C[C@H](NC(=O)Nc1cc(F)ccc1Cl)C(=O)O. The molecule has 3 N–H and O–H groups in total. The third-order valence-corrected chi connectivity index (χ3v) is 2.82. The molecular weight excluding hydrogens is 287 g/mol. The lowest BCUT2D eigenvalue weighted by Gasteiger charge is -2.17. The monoisotopic (exact) mass is 302 g/mol. The minimum absolute atomic E-state index is 0.0813. The Balaban J connectivity index is 2.70. The zero-order chi connectivity index (χ0) is 15.3. The fraction of sp³-hybridized carbons (Fsp3) is 0.385. The van der Waals surface area contributed by atoms with E-state index in [1.165, 1.54) is 6.07 Å². The van der Waals surface area contributed by atoms with Gasteiger partial charge in [0.1, 0.15) is 11.9 Å². The molecule has 0 spiro atoms. The first-order valence-electron chi connectivity index (χ1n) is 6.05. The van der Waals surface area contributed by atoms with Crippen LogP contribution in [0.1, 0.15) is 20.3 Å². The molecule has 0 saturated heterocycles. The summed E-state index contributed by atoms with van der Waals surface area (Å²) in [4.78, 5) is 22.7. The number of urea groups is 1. The van der Waals surface area contributed by atoms with Crippen LogP contribution in [0.2, 0.25) is 5.02 Å². The molecule has 1 aromatic rings. The van der Waals surface area contributed by atoms with Crippen LogP contribution >= 0.6 is 11.6 Å². The fourth-order valence-corrected chi connectivity index (χ4v) is 1.77. The lowest BCUT2D eigenvalue weighted by Crippen LogP contribution is -2.43. The summed E-state index contributed by atoms with van der Waals surface area (Å²) in [5.41, 5.74) is 0.0813. The van der Waals surface area contributed by atoms with Gasteiger partial charge in [-0.3, -0.25) is 0 Å². The summed E-state index contributed by atoms with van der Waals surface area (Å²) in [7, 11) is 0. The Bertz CT molecular complexity index is 508. The topological polar surface area (TPSA) is 78.4 Å². The molecule has 0 fully saturated rings. The van der Waals surface area contributed by atoms with Crippen molar-refractivity contribution in [1.29, 1.82) is 0 Å².